The monoisotopic (exact) mass is 341 g/mol. The largest absolute Gasteiger partial charge is 0.488 e. The Bertz CT molecular complexity index is 617. The molecule has 2 nitrogen and oxygen atoms in total. The first-order chi connectivity index (χ1) is 9.47. The Kier molecular flexibility index (Phi) is 4.73. The molecule has 20 heavy (non-hydrogen) atoms. The summed E-state index contributed by atoms with van der Waals surface area (Å²) in [5.41, 5.74) is 6.84. The number of ether oxygens (including phenoxy) is 1. The molecule has 0 bridgehead atoms. The molecule has 5 heteroatoms. The molecule has 2 aromatic carbocycles. The highest BCUT2D eigenvalue weighted by molar-refractivity contribution is 9.10. The van der Waals surface area contributed by atoms with E-state index >= 15 is 0 Å². The smallest absolute Gasteiger partial charge is 0.130 e. The highest BCUT2D eigenvalue weighted by Gasteiger charge is 2.11. The van der Waals surface area contributed by atoms with Crippen LogP contribution in [0.5, 0.6) is 5.75 Å². The van der Waals surface area contributed by atoms with Gasteiger partial charge < -0.3 is 10.5 Å². The van der Waals surface area contributed by atoms with Crippen LogP contribution >= 0.6 is 15.9 Å². The second kappa shape index (κ2) is 6.33. The van der Waals surface area contributed by atoms with Gasteiger partial charge in [-0.25, -0.2) is 8.78 Å². The third-order valence-electron chi connectivity index (χ3n) is 2.86. The summed E-state index contributed by atoms with van der Waals surface area (Å²) in [5.74, 6) is -0.437. The second-order valence-electron chi connectivity index (χ2n) is 4.50. The summed E-state index contributed by atoms with van der Waals surface area (Å²) in [6.45, 7) is 1.78. The van der Waals surface area contributed by atoms with Gasteiger partial charge in [0.15, 0.2) is 0 Å². The first-order valence-electron chi connectivity index (χ1n) is 6.09. The standard InChI is InChI=1S/C15H14BrF2NO/c1-9(19)13-4-2-11(16)7-15(13)20-8-10-6-12(17)3-5-14(10)18/h2-7,9H,8,19H2,1H3/t9-/m0/s1. The number of benzene rings is 2. The lowest BCUT2D eigenvalue weighted by Crippen LogP contribution is -2.08. The fraction of sp³-hybridized carbons (Fsp3) is 0.200. The van der Waals surface area contributed by atoms with E-state index in [0.29, 0.717) is 5.75 Å². The van der Waals surface area contributed by atoms with Crippen molar-refractivity contribution in [3.8, 4) is 5.75 Å². The maximum atomic E-state index is 13.5. The van der Waals surface area contributed by atoms with E-state index in [1.54, 1.807) is 6.07 Å². The summed E-state index contributed by atoms with van der Waals surface area (Å²) in [5, 5.41) is 0. The van der Waals surface area contributed by atoms with Crippen molar-refractivity contribution >= 4 is 15.9 Å². The van der Waals surface area contributed by atoms with E-state index in [-0.39, 0.29) is 18.2 Å². The minimum atomic E-state index is -0.497. The Balaban J connectivity index is 2.22. The molecule has 0 heterocycles. The zero-order valence-electron chi connectivity index (χ0n) is 10.9. The van der Waals surface area contributed by atoms with E-state index in [1.807, 2.05) is 19.1 Å². The van der Waals surface area contributed by atoms with Gasteiger partial charge in [0.05, 0.1) is 0 Å². The summed E-state index contributed by atoms with van der Waals surface area (Å²) in [4.78, 5) is 0. The zero-order chi connectivity index (χ0) is 14.7. The first kappa shape index (κ1) is 14.9. The van der Waals surface area contributed by atoms with Gasteiger partial charge in [-0.2, -0.15) is 0 Å². The quantitative estimate of drug-likeness (QED) is 0.898. The molecule has 0 aromatic heterocycles. The molecule has 0 aliphatic heterocycles. The van der Waals surface area contributed by atoms with Crippen molar-refractivity contribution in [2.75, 3.05) is 0 Å². The van der Waals surface area contributed by atoms with Crippen LogP contribution in [0.2, 0.25) is 0 Å². The number of halogens is 3. The Morgan fingerprint density at radius 3 is 2.65 bits per heavy atom. The summed E-state index contributed by atoms with van der Waals surface area (Å²) in [6, 6.07) is 8.53. The van der Waals surface area contributed by atoms with Gasteiger partial charge in [0.1, 0.15) is 24.0 Å². The van der Waals surface area contributed by atoms with Crippen LogP contribution in [-0.2, 0) is 6.61 Å². The predicted octanol–water partition coefficient (Wildman–Crippen LogP) is 4.33. The molecular formula is C15H14BrF2NO. The van der Waals surface area contributed by atoms with Gasteiger partial charge in [-0.05, 0) is 37.3 Å². The van der Waals surface area contributed by atoms with Crippen molar-refractivity contribution in [3.05, 3.63) is 63.6 Å². The molecule has 1 atom stereocenters. The maximum absolute atomic E-state index is 13.5. The molecule has 2 N–H and O–H groups in total. The van der Waals surface area contributed by atoms with E-state index < -0.39 is 11.6 Å². The van der Waals surface area contributed by atoms with Crippen LogP contribution in [0, 0.1) is 11.6 Å². The van der Waals surface area contributed by atoms with Crippen LogP contribution in [0.1, 0.15) is 24.1 Å². The summed E-state index contributed by atoms with van der Waals surface area (Å²) >= 11 is 3.34. The fourth-order valence-corrected chi connectivity index (χ4v) is 2.16. The molecule has 2 aromatic rings. The van der Waals surface area contributed by atoms with Gasteiger partial charge in [-0.1, -0.05) is 22.0 Å². The van der Waals surface area contributed by atoms with Crippen LogP contribution in [0.3, 0.4) is 0 Å². The van der Waals surface area contributed by atoms with Crippen LogP contribution in [0.25, 0.3) is 0 Å². The Labute approximate surface area is 124 Å². The van der Waals surface area contributed by atoms with Crippen molar-refractivity contribution < 1.29 is 13.5 Å². The topological polar surface area (TPSA) is 35.2 Å². The van der Waals surface area contributed by atoms with E-state index in [9.17, 15) is 8.78 Å². The van der Waals surface area contributed by atoms with Crippen molar-refractivity contribution in [2.45, 2.75) is 19.6 Å². The first-order valence-corrected chi connectivity index (χ1v) is 6.88. The molecule has 0 spiro atoms. The van der Waals surface area contributed by atoms with Crippen molar-refractivity contribution in [3.63, 3.8) is 0 Å². The number of hydrogen-bond donors (Lipinski definition) is 1. The average molecular weight is 342 g/mol. The third-order valence-corrected chi connectivity index (χ3v) is 3.35. The molecule has 0 saturated carbocycles. The van der Waals surface area contributed by atoms with Crippen LogP contribution in [0.15, 0.2) is 40.9 Å². The normalized spacial score (nSPS) is 12.2. The van der Waals surface area contributed by atoms with Crippen molar-refractivity contribution in [2.24, 2.45) is 5.73 Å². The van der Waals surface area contributed by atoms with Gasteiger partial charge in [0, 0.05) is 21.6 Å². The van der Waals surface area contributed by atoms with Crippen LogP contribution in [0.4, 0.5) is 8.78 Å². The summed E-state index contributed by atoms with van der Waals surface area (Å²) < 4.78 is 33.0. The van der Waals surface area contributed by atoms with E-state index in [0.717, 1.165) is 28.2 Å². The third kappa shape index (κ3) is 3.55. The van der Waals surface area contributed by atoms with E-state index in [2.05, 4.69) is 15.9 Å². The predicted molar refractivity (Wildman–Crippen MR) is 77.4 cm³/mol. The van der Waals surface area contributed by atoms with Gasteiger partial charge in [-0.15, -0.1) is 0 Å². The molecule has 0 aliphatic rings. The van der Waals surface area contributed by atoms with Gasteiger partial charge in [0.25, 0.3) is 0 Å². The Morgan fingerprint density at radius 1 is 1.20 bits per heavy atom. The maximum Gasteiger partial charge on any atom is 0.130 e. The number of hydrogen-bond acceptors (Lipinski definition) is 2. The highest BCUT2D eigenvalue weighted by Crippen LogP contribution is 2.28. The zero-order valence-corrected chi connectivity index (χ0v) is 12.5. The average Bonchev–Trinajstić information content (AvgIpc) is 2.39. The van der Waals surface area contributed by atoms with E-state index in [1.165, 1.54) is 0 Å². The molecule has 0 aliphatic carbocycles. The lowest BCUT2D eigenvalue weighted by Gasteiger charge is -2.15. The van der Waals surface area contributed by atoms with Gasteiger partial charge >= 0.3 is 0 Å². The van der Waals surface area contributed by atoms with Crippen molar-refractivity contribution in [1.82, 2.24) is 0 Å². The second-order valence-corrected chi connectivity index (χ2v) is 5.41. The van der Waals surface area contributed by atoms with E-state index in [4.69, 9.17) is 10.5 Å². The lowest BCUT2D eigenvalue weighted by atomic mass is 10.1. The molecule has 0 amide bonds. The highest BCUT2D eigenvalue weighted by atomic mass is 79.9. The molecule has 2 rings (SSSR count). The number of rotatable bonds is 4. The summed E-state index contributed by atoms with van der Waals surface area (Å²) in [7, 11) is 0. The SMILES string of the molecule is C[C@H](N)c1ccc(Br)cc1OCc1cc(F)ccc1F. The minimum absolute atomic E-state index is 0.0558. The van der Waals surface area contributed by atoms with Gasteiger partial charge in [-0.3, -0.25) is 0 Å². The minimum Gasteiger partial charge on any atom is -0.488 e. The molecule has 0 radical (unpaired) electrons. The van der Waals surface area contributed by atoms with Crippen LogP contribution < -0.4 is 10.5 Å². The van der Waals surface area contributed by atoms with Gasteiger partial charge in [0.2, 0.25) is 0 Å². The summed E-state index contributed by atoms with van der Waals surface area (Å²) in [6.07, 6.45) is 0. The number of nitrogens with two attached hydrogens (primary N) is 1. The molecular weight excluding hydrogens is 328 g/mol. The lowest BCUT2D eigenvalue weighted by molar-refractivity contribution is 0.294. The Morgan fingerprint density at radius 2 is 1.95 bits per heavy atom. The fourth-order valence-electron chi connectivity index (χ4n) is 1.82. The van der Waals surface area contributed by atoms with Crippen molar-refractivity contribution in [1.29, 1.82) is 0 Å². The molecule has 0 unspecified atom stereocenters. The Hall–Kier alpha value is -1.46. The molecule has 106 valence electrons. The molecule has 0 saturated heterocycles. The molecule has 0 fully saturated rings. The van der Waals surface area contributed by atoms with Crippen LogP contribution in [-0.4, -0.2) is 0 Å².